The largest absolute Gasteiger partial charge is 0.367 e. The minimum Gasteiger partial charge on any atom is -0.367 e. The number of nitrogens with two attached hydrogens (primary N) is 1. The van der Waals surface area contributed by atoms with Crippen molar-refractivity contribution in [3.05, 3.63) is 24.3 Å². The molecule has 1 aromatic rings. The summed E-state index contributed by atoms with van der Waals surface area (Å²) in [6.45, 7) is 5.26. The molecule has 1 aliphatic heterocycles. The number of nitrogens with zero attached hydrogens (tertiary/aromatic N) is 1. The zero-order chi connectivity index (χ0) is 14.1. The van der Waals surface area contributed by atoms with Crippen LogP contribution in [0.5, 0.6) is 0 Å². The van der Waals surface area contributed by atoms with E-state index in [2.05, 4.69) is 11.8 Å². The lowest BCUT2D eigenvalue weighted by Gasteiger charge is -2.49. The molecule has 106 valence electrons. The van der Waals surface area contributed by atoms with E-state index >= 15 is 0 Å². The molecular weight excluding hydrogens is 260 g/mol. The van der Waals surface area contributed by atoms with E-state index < -0.39 is 9.84 Å². The summed E-state index contributed by atoms with van der Waals surface area (Å²) in [5, 5.41) is 0. The third-order valence-corrected chi connectivity index (χ3v) is 5.46. The zero-order valence-corrected chi connectivity index (χ0v) is 12.4. The van der Waals surface area contributed by atoms with Gasteiger partial charge in [-0.1, -0.05) is 32.4 Å². The highest BCUT2D eigenvalue weighted by atomic mass is 32.2. The summed E-state index contributed by atoms with van der Waals surface area (Å²) < 4.78 is 24.2. The van der Waals surface area contributed by atoms with Crippen molar-refractivity contribution in [1.29, 1.82) is 0 Å². The molecule has 0 radical (unpaired) electrons. The van der Waals surface area contributed by atoms with E-state index in [1.54, 1.807) is 19.1 Å². The second kappa shape index (κ2) is 5.13. The monoisotopic (exact) mass is 282 g/mol. The molecule has 1 fully saturated rings. The minimum atomic E-state index is -3.18. The van der Waals surface area contributed by atoms with Gasteiger partial charge in [0.15, 0.2) is 9.84 Å². The number of anilines is 1. The van der Waals surface area contributed by atoms with Crippen LogP contribution in [0.2, 0.25) is 0 Å². The van der Waals surface area contributed by atoms with Gasteiger partial charge in [0.1, 0.15) is 0 Å². The van der Waals surface area contributed by atoms with E-state index in [0.29, 0.717) is 4.90 Å². The van der Waals surface area contributed by atoms with Gasteiger partial charge in [-0.15, -0.1) is 0 Å². The Labute approximate surface area is 115 Å². The summed E-state index contributed by atoms with van der Waals surface area (Å²) in [5.41, 5.74) is 6.88. The summed E-state index contributed by atoms with van der Waals surface area (Å²) >= 11 is 0. The zero-order valence-electron chi connectivity index (χ0n) is 11.6. The SMILES string of the molecule is CCCC1(N)CN(c2ccccc2S(=O)(=O)CC)C1. The standard InChI is InChI=1S/C14H22N2O2S/c1-3-9-14(15)10-16(11-14)12-7-5-6-8-13(12)19(17,18)4-2/h5-8H,3-4,9-11,15H2,1-2H3. The van der Waals surface area contributed by atoms with Crippen molar-refractivity contribution in [2.24, 2.45) is 5.73 Å². The van der Waals surface area contributed by atoms with Crippen LogP contribution in [0.1, 0.15) is 26.7 Å². The van der Waals surface area contributed by atoms with Crippen molar-refractivity contribution < 1.29 is 8.42 Å². The summed E-state index contributed by atoms with van der Waals surface area (Å²) in [5.74, 6) is 0.126. The van der Waals surface area contributed by atoms with Gasteiger partial charge in [0, 0.05) is 13.1 Å². The van der Waals surface area contributed by atoms with E-state index in [1.807, 2.05) is 12.1 Å². The maximum atomic E-state index is 12.1. The van der Waals surface area contributed by atoms with Crippen molar-refractivity contribution in [2.75, 3.05) is 23.7 Å². The summed E-state index contributed by atoms with van der Waals surface area (Å²) in [6.07, 6.45) is 2.03. The molecule has 0 unspecified atom stereocenters. The van der Waals surface area contributed by atoms with Crippen LogP contribution in [0, 0.1) is 0 Å². The summed E-state index contributed by atoms with van der Waals surface area (Å²) in [7, 11) is -3.18. The third kappa shape index (κ3) is 2.77. The van der Waals surface area contributed by atoms with Gasteiger partial charge in [-0.3, -0.25) is 0 Å². The van der Waals surface area contributed by atoms with Crippen LogP contribution in [0.15, 0.2) is 29.2 Å². The first-order valence-electron chi connectivity index (χ1n) is 6.77. The quantitative estimate of drug-likeness (QED) is 0.894. The van der Waals surface area contributed by atoms with E-state index in [9.17, 15) is 8.42 Å². The fraction of sp³-hybridized carbons (Fsp3) is 0.571. The highest BCUT2D eigenvalue weighted by Crippen LogP contribution is 2.33. The summed E-state index contributed by atoms with van der Waals surface area (Å²) in [6, 6.07) is 7.20. The number of sulfone groups is 1. The Kier molecular flexibility index (Phi) is 3.87. The molecule has 4 nitrogen and oxygen atoms in total. The molecule has 19 heavy (non-hydrogen) atoms. The van der Waals surface area contributed by atoms with Gasteiger partial charge >= 0.3 is 0 Å². The molecule has 1 heterocycles. The normalized spacial score (nSPS) is 18.2. The number of para-hydroxylation sites is 1. The lowest BCUT2D eigenvalue weighted by Crippen LogP contribution is -2.67. The molecule has 0 amide bonds. The molecule has 1 aliphatic rings. The van der Waals surface area contributed by atoms with Crippen LogP contribution in [0.25, 0.3) is 0 Å². The van der Waals surface area contributed by atoms with Crippen LogP contribution in [-0.2, 0) is 9.84 Å². The Bertz CT molecular complexity index is 548. The molecule has 2 N–H and O–H groups in total. The fourth-order valence-corrected chi connectivity index (χ4v) is 3.79. The average Bonchev–Trinajstić information content (AvgIpc) is 2.36. The van der Waals surface area contributed by atoms with Crippen LogP contribution in [0.4, 0.5) is 5.69 Å². The molecule has 0 atom stereocenters. The molecule has 1 saturated heterocycles. The Morgan fingerprint density at radius 1 is 1.26 bits per heavy atom. The van der Waals surface area contributed by atoms with E-state index in [4.69, 9.17) is 5.73 Å². The predicted octanol–water partition coefficient (Wildman–Crippen LogP) is 1.80. The van der Waals surface area contributed by atoms with Crippen LogP contribution in [0.3, 0.4) is 0 Å². The fourth-order valence-electron chi connectivity index (χ4n) is 2.68. The van der Waals surface area contributed by atoms with Crippen LogP contribution >= 0.6 is 0 Å². The summed E-state index contributed by atoms with van der Waals surface area (Å²) in [4.78, 5) is 2.49. The first-order valence-corrected chi connectivity index (χ1v) is 8.43. The van der Waals surface area contributed by atoms with E-state index in [0.717, 1.165) is 31.6 Å². The third-order valence-electron chi connectivity index (χ3n) is 3.68. The van der Waals surface area contributed by atoms with Crippen molar-refractivity contribution in [1.82, 2.24) is 0 Å². The Morgan fingerprint density at radius 2 is 1.89 bits per heavy atom. The molecule has 0 saturated carbocycles. The maximum Gasteiger partial charge on any atom is 0.180 e. The predicted molar refractivity (Wildman–Crippen MR) is 78.2 cm³/mol. The molecular formula is C14H22N2O2S. The molecule has 0 aliphatic carbocycles. The van der Waals surface area contributed by atoms with E-state index in [-0.39, 0.29) is 11.3 Å². The van der Waals surface area contributed by atoms with Gasteiger partial charge in [0.05, 0.1) is 21.9 Å². The van der Waals surface area contributed by atoms with Gasteiger partial charge in [-0.05, 0) is 18.6 Å². The lowest BCUT2D eigenvalue weighted by atomic mass is 9.86. The molecule has 0 spiro atoms. The number of benzene rings is 1. The smallest absolute Gasteiger partial charge is 0.180 e. The van der Waals surface area contributed by atoms with Gasteiger partial charge in [0.25, 0.3) is 0 Å². The second-order valence-electron chi connectivity index (χ2n) is 5.34. The Balaban J connectivity index is 2.25. The molecule has 1 aromatic carbocycles. The second-order valence-corrected chi connectivity index (χ2v) is 7.59. The highest BCUT2D eigenvalue weighted by Gasteiger charge is 2.40. The molecule has 0 bridgehead atoms. The van der Waals surface area contributed by atoms with E-state index in [1.165, 1.54) is 0 Å². The topological polar surface area (TPSA) is 63.4 Å². The molecule has 2 rings (SSSR count). The van der Waals surface area contributed by atoms with Gasteiger partial charge < -0.3 is 10.6 Å². The maximum absolute atomic E-state index is 12.1. The minimum absolute atomic E-state index is 0.126. The highest BCUT2D eigenvalue weighted by molar-refractivity contribution is 7.91. The first-order chi connectivity index (χ1) is 8.92. The van der Waals surface area contributed by atoms with Crippen molar-refractivity contribution >= 4 is 15.5 Å². The average molecular weight is 282 g/mol. The van der Waals surface area contributed by atoms with Gasteiger partial charge in [-0.2, -0.15) is 0 Å². The Hall–Kier alpha value is -1.07. The lowest BCUT2D eigenvalue weighted by molar-refractivity contribution is 0.306. The number of hydrogen-bond acceptors (Lipinski definition) is 4. The Morgan fingerprint density at radius 3 is 2.47 bits per heavy atom. The van der Waals surface area contributed by atoms with Crippen molar-refractivity contribution in [3.63, 3.8) is 0 Å². The van der Waals surface area contributed by atoms with Crippen molar-refractivity contribution in [3.8, 4) is 0 Å². The van der Waals surface area contributed by atoms with Crippen molar-refractivity contribution in [2.45, 2.75) is 37.1 Å². The van der Waals surface area contributed by atoms with Gasteiger partial charge in [0.2, 0.25) is 0 Å². The molecule has 0 aromatic heterocycles. The number of hydrogen-bond donors (Lipinski definition) is 1. The van der Waals surface area contributed by atoms with Gasteiger partial charge in [-0.25, -0.2) is 8.42 Å². The number of rotatable bonds is 5. The molecule has 5 heteroatoms. The van der Waals surface area contributed by atoms with Crippen LogP contribution < -0.4 is 10.6 Å². The van der Waals surface area contributed by atoms with Crippen LogP contribution in [-0.4, -0.2) is 32.8 Å². The first kappa shape index (κ1) is 14.3.